The SMILES string of the molecule is O=C(NC/C=C/S(=O)(=O)c1ccc(F)cc1Cl)c1cc(-c2ccccc2)c[nH]c1=O. The Bertz CT molecular complexity index is 1270. The van der Waals surface area contributed by atoms with Gasteiger partial charge in [0.1, 0.15) is 11.4 Å². The lowest BCUT2D eigenvalue weighted by molar-refractivity contribution is 0.0956. The molecule has 0 spiro atoms. The zero-order valence-corrected chi connectivity index (χ0v) is 17.0. The molecule has 1 aromatic heterocycles. The molecule has 154 valence electrons. The van der Waals surface area contributed by atoms with Gasteiger partial charge in [-0.05, 0) is 35.4 Å². The van der Waals surface area contributed by atoms with Crippen LogP contribution in [0.25, 0.3) is 11.1 Å². The van der Waals surface area contributed by atoms with E-state index < -0.39 is 27.1 Å². The van der Waals surface area contributed by atoms with Gasteiger partial charge in [0, 0.05) is 18.1 Å². The van der Waals surface area contributed by atoms with Crippen LogP contribution >= 0.6 is 11.6 Å². The van der Waals surface area contributed by atoms with Gasteiger partial charge in [-0.2, -0.15) is 0 Å². The number of nitrogens with one attached hydrogen (secondary N) is 2. The van der Waals surface area contributed by atoms with Crippen molar-refractivity contribution in [2.24, 2.45) is 0 Å². The van der Waals surface area contributed by atoms with Gasteiger partial charge in [-0.1, -0.05) is 48.0 Å². The summed E-state index contributed by atoms with van der Waals surface area (Å²) in [5, 5.41) is 3.08. The molecule has 9 heteroatoms. The fourth-order valence-electron chi connectivity index (χ4n) is 2.65. The van der Waals surface area contributed by atoms with E-state index in [0.29, 0.717) is 5.56 Å². The Morgan fingerprint density at radius 1 is 1.10 bits per heavy atom. The van der Waals surface area contributed by atoms with Crippen LogP contribution in [0.4, 0.5) is 4.39 Å². The Hall–Kier alpha value is -3.23. The molecular formula is C21H16ClFN2O4S. The number of carbonyl (C=O) groups is 1. The van der Waals surface area contributed by atoms with E-state index in [9.17, 15) is 22.4 Å². The smallest absolute Gasteiger partial charge is 0.260 e. The summed E-state index contributed by atoms with van der Waals surface area (Å²) in [5.74, 6) is -1.31. The summed E-state index contributed by atoms with van der Waals surface area (Å²) in [6.45, 7) is -0.147. The van der Waals surface area contributed by atoms with Gasteiger partial charge in [0.2, 0.25) is 9.84 Å². The molecule has 2 aromatic carbocycles. The Labute approximate surface area is 177 Å². The van der Waals surface area contributed by atoms with Gasteiger partial charge in [0.05, 0.1) is 9.92 Å². The molecule has 0 unspecified atom stereocenters. The van der Waals surface area contributed by atoms with E-state index >= 15 is 0 Å². The predicted molar refractivity (Wildman–Crippen MR) is 113 cm³/mol. The standard InChI is InChI=1S/C21H16ClFN2O4S/c22-18-12-16(23)7-8-19(18)30(28,29)10-4-9-24-20(26)17-11-15(13-25-21(17)27)14-5-2-1-3-6-14/h1-8,10-13H,9H2,(H,24,26)(H,25,27)/b10-4+. The molecule has 0 aliphatic carbocycles. The highest BCUT2D eigenvalue weighted by Gasteiger charge is 2.16. The van der Waals surface area contributed by atoms with Gasteiger partial charge in [0.25, 0.3) is 11.5 Å². The maximum absolute atomic E-state index is 13.1. The van der Waals surface area contributed by atoms with Crippen molar-refractivity contribution in [3.05, 3.63) is 99.0 Å². The molecule has 0 bridgehead atoms. The Kier molecular flexibility index (Phi) is 6.49. The van der Waals surface area contributed by atoms with E-state index in [-0.39, 0.29) is 22.0 Å². The minimum Gasteiger partial charge on any atom is -0.348 e. The molecule has 1 amide bonds. The predicted octanol–water partition coefficient (Wildman–Crippen LogP) is 3.55. The highest BCUT2D eigenvalue weighted by Crippen LogP contribution is 2.23. The first-order valence-electron chi connectivity index (χ1n) is 8.71. The average molecular weight is 447 g/mol. The second-order valence-corrected chi connectivity index (χ2v) is 8.41. The molecular weight excluding hydrogens is 431 g/mol. The molecule has 0 atom stereocenters. The van der Waals surface area contributed by atoms with Crippen molar-refractivity contribution in [3.8, 4) is 11.1 Å². The van der Waals surface area contributed by atoms with Crippen LogP contribution in [0.5, 0.6) is 0 Å². The van der Waals surface area contributed by atoms with E-state index in [1.165, 1.54) is 18.3 Å². The molecule has 6 nitrogen and oxygen atoms in total. The average Bonchev–Trinajstić information content (AvgIpc) is 2.72. The molecule has 0 saturated carbocycles. The normalized spacial score (nSPS) is 11.5. The Morgan fingerprint density at radius 3 is 2.53 bits per heavy atom. The summed E-state index contributed by atoms with van der Waals surface area (Å²) in [5.41, 5.74) is 0.811. The third kappa shape index (κ3) is 5.03. The minimum atomic E-state index is -3.92. The summed E-state index contributed by atoms with van der Waals surface area (Å²) in [6, 6.07) is 13.6. The van der Waals surface area contributed by atoms with Crippen molar-refractivity contribution in [1.29, 1.82) is 0 Å². The van der Waals surface area contributed by atoms with Crippen molar-refractivity contribution >= 4 is 27.3 Å². The van der Waals surface area contributed by atoms with Crippen LogP contribution < -0.4 is 10.9 Å². The van der Waals surface area contributed by atoms with E-state index in [2.05, 4.69) is 10.3 Å². The fourth-order valence-corrected chi connectivity index (χ4v) is 4.23. The minimum absolute atomic E-state index is 0.103. The van der Waals surface area contributed by atoms with Crippen LogP contribution in [0.2, 0.25) is 5.02 Å². The number of sulfone groups is 1. The second kappa shape index (κ2) is 9.06. The number of halogens is 2. The van der Waals surface area contributed by atoms with Gasteiger partial charge >= 0.3 is 0 Å². The topological polar surface area (TPSA) is 96.1 Å². The Balaban J connectivity index is 1.71. The van der Waals surface area contributed by atoms with Gasteiger partial charge in [0.15, 0.2) is 0 Å². The van der Waals surface area contributed by atoms with E-state index in [4.69, 9.17) is 11.6 Å². The van der Waals surface area contributed by atoms with E-state index in [1.54, 1.807) is 0 Å². The number of aromatic nitrogens is 1. The van der Waals surface area contributed by atoms with Crippen molar-refractivity contribution in [3.63, 3.8) is 0 Å². The summed E-state index contributed by atoms with van der Waals surface area (Å²) in [4.78, 5) is 26.6. The number of carbonyl (C=O) groups excluding carboxylic acids is 1. The fraction of sp³-hybridized carbons (Fsp3) is 0.0476. The van der Waals surface area contributed by atoms with Gasteiger partial charge in [-0.25, -0.2) is 12.8 Å². The van der Waals surface area contributed by atoms with E-state index in [1.807, 2.05) is 30.3 Å². The molecule has 3 aromatic rings. The van der Waals surface area contributed by atoms with Crippen molar-refractivity contribution in [1.82, 2.24) is 10.3 Å². The molecule has 2 N–H and O–H groups in total. The highest BCUT2D eigenvalue weighted by molar-refractivity contribution is 7.94. The van der Waals surface area contributed by atoms with Crippen molar-refractivity contribution < 1.29 is 17.6 Å². The number of H-pyrrole nitrogens is 1. The van der Waals surface area contributed by atoms with Crippen LogP contribution in [0.15, 0.2) is 82.0 Å². The lowest BCUT2D eigenvalue weighted by Crippen LogP contribution is -2.29. The van der Waals surface area contributed by atoms with Crippen LogP contribution in [0.1, 0.15) is 10.4 Å². The molecule has 1 heterocycles. The van der Waals surface area contributed by atoms with Crippen LogP contribution in [-0.2, 0) is 9.84 Å². The lowest BCUT2D eigenvalue weighted by Gasteiger charge is -2.06. The van der Waals surface area contributed by atoms with Gasteiger partial charge in [-0.3, -0.25) is 9.59 Å². The van der Waals surface area contributed by atoms with Crippen LogP contribution in [-0.4, -0.2) is 25.9 Å². The quantitative estimate of drug-likeness (QED) is 0.566. The zero-order chi connectivity index (χ0) is 21.7. The Morgan fingerprint density at radius 2 is 1.83 bits per heavy atom. The molecule has 30 heavy (non-hydrogen) atoms. The largest absolute Gasteiger partial charge is 0.348 e. The number of hydrogen-bond acceptors (Lipinski definition) is 4. The second-order valence-electron chi connectivity index (χ2n) is 6.20. The maximum Gasteiger partial charge on any atom is 0.260 e. The highest BCUT2D eigenvalue weighted by atomic mass is 35.5. The first kappa shape index (κ1) is 21.5. The monoisotopic (exact) mass is 446 g/mol. The summed E-state index contributed by atoms with van der Waals surface area (Å²) in [6.07, 6.45) is 2.70. The van der Waals surface area contributed by atoms with Crippen LogP contribution in [0.3, 0.4) is 0 Å². The molecule has 0 radical (unpaired) electrons. The first-order chi connectivity index (χ1) is 14.3. The summed E-state index contributed by atoms with van der Waals surface area (Å²) >= 11 is 5.78. The number of benzene rings is 2. The molecule has 0 saturated heterocycles. The lowest BCUT2D eigenvalue weighted by atomic mass is 10.1. The number of hydrogen-bond donors (Lipinski definition) is 2. The van der Waals surface area contributed by atoms with E-state index in [0.717, 1.165) is 29.2 Å². The number of amides is 1. The molecule has 0 aliphatic rings. The molecule has 0 fully saturated rings. The summed E-state index contributed by atoms with van der Waals surface area (Å²) < 4.78 is 37.6. The number of rotatable bonds is 6. The van der Waals surface area contributed by atoms with Crippen molar-refractivity contribution in [2.75, 3.05) is 6.54 Å². The van der Waals surface area contributed by atoms with Crippen molar-refractivity contribution in [2.45, 2.75) is 4.90 Å². The third-order valence-corrected chi connectivity index (χ3v) is 6.06. The molecule has 3 rings (SSSR count). The van der Waals surface area contributed by atoms with Gasteiger partial charge in [-0.15, -0.1) is 0 Å². The summed E-state index contributed by atoms with van der Waals surface area (Å²) in [7, 11) is -3.92. The number of aromatic amines is 1. The van der Waals surface area contributed by atoms with Gasteiger partial charge < -0.3 is 10.3 Å². The first-order valence-corrected chi connectivity index (χ1v) is 10.6. The number of pyridine rings is 1. The van der Waals surface area contributed by atoms with Crippen LogP contribution in [0, 0.1) is 5.82 Å². The third-order valence-electron chi connectivity index (χ3n) is 4.11. The zero-order valence-electron chi connectivity index (χ0n) is 15.4. The molecule has 0 aliphatic heterocycles. The maximum atomic E-state index is 13.1.